The van der Waals surface area contributed by atoms with Crippen LogP contribution in [0.1, 0.15) is 89.7 Å². The molecule has 0 saturated heterocycles. The average Bonchev–Trinajstić information content (AvgIpc) is 3.18. The minimum atomic E-state index is 0.101. The third kappa shape index (κ3) is 14.3. The molecule has 3 N–H and O–H groups in total. The third-order valence-electron chi connectivity index (χ3n) is 9.84. The van der Waals surface area contributed by atoms with E-state index in [0.29, 0.717) is 10.9 Å². The van der Waals surface area contributed by atoms with Crippen LogP contribution in [0.5, 0.6) is 0 Å². The Morgan fingerprint density at radius 2 is 1.79 bits per heavy atom. The fraction of sp³-hybridized carbons (Fsp3) is 0.320. The van der Waals surface area contributed by atoms with E-state index in [1.165, 1.54) is 24.8 Å². The van der Waals surface area contributed by atoms with Gasteiger partial charge in [-0.15, -0.1) is 0 Å². The van der Waals surface area contributed by atoms with Crippen molar-refractivity contribution in [1.29, 1.82) is 0 Å². The molecule has 3 aromatic rings. The van der Waals surface area contributed by atoms with Crippen molar-refractivity contribution in [2.45, 2.75) is 91.5 Å². The monoisotopic (exact) mass is 767 g/mol. The first-order valence-electron chi connectivity index (χ1n) is 20.2. The van der Waals surface area contributed by atoms with Gasteiger partial charge in [0.15, 0.2) is 0 Å². The lowest BCUT2D eigenvalue weighted by molar-refractivity contribution is 0.441. The normalized spacial score (nSPS) is 16.6. The molecule has 0 amide bonds. The van der Waals surface area contributed by atoms with Crippen molar-refractivity contribution in [3.8, 4) is 0 Å². The van der Waals surface area contributed by atoms with Crippen molar-refractivity contribution >= 4 is 51.8 Å². The zero-order valence-electron chi connectivity index (χ0n) is 34.1. The molecular formula is C50H62ClN5. The summed E-state index contributed by atoms with van der Waals surface area (Å²) in [5.41, 5.74) is 16.8. The quantitative estimate of drug-likeness (QED) is 0.0491. The van der Waals surface area contributed by atoms with Gasteiger partial charge in [0.05, 0.1) is 16.4 Å². The average molecular weight is 769 g/mol. The summed E-state index contributed by atoms with van der Waals surface area (Å²) < 4.78 is 0. The van der Waals surface area contributed by atoms with Crippen LogP contribution in [0.4, 0.5) is 22.7 Å². The highest BCUT2D eigenvalue weighted by Crippen LogP contribution is 2.41. The summed E-state index contributed by atoms with van der Waals surface area (Å²) in [6.07, 6.45) is 29.6. The molecule has 0 heterocycles. The Morgan fingerprint density at radius 3 is 2.54 bits per heavy atom. The molecular weight excluding hydrogens is 706 g/mol. The van der Waals surface area contributed by atoms with Crippen molar-refractivity contribution in [2.75, 3.05) is 11.4 Å². The van der Waals surface area contributed by atoms with Crippen molar-refractivity contribution in [3.63, 3.8) is 0 Å². The lowest BCUT2D eigenvalue weighted by Crippen LogP contribution is -2.31. The molecule has 1 aliphatic carbocycles. The molecule has 0 fully saturated rings. The van der Waals surface area contributed by atoms with Crippen LogP contribution in [0.2, 0.25) is 5.02 Å². The summed E-state index contributed by atoms with van der Waals surface area (Å²) >= 11 is 7.18. The minimum Gasteiger partial charge on any atom is -0.391 e. The maximum Gasteiger partial charge on any atom is 0.0718 e. The first-order valence-corrected chi connectivity index (χ1v) is 20.5. The maximum atomic E-state index is 7.18. The second kappa shape index (κ2) is 23.8. The van der Waals surface area contributed by atoms with Crippen LogP contribution < -0.4 is 16.0 Å². The second-order valence-corrected chi connectivity index (χ2v) is 15.0. The number of para-hydroxylation sites is 1. The molecule has 0 spiro atoms. The molecule has 6 heteroatoms. The Hall–Kier alpha value is -4.97. The molecule has 0 bridgehead atoms. The number of hydrogen-bond acceptors (Lipinski definition) is 5. The molecule has 56 heavy (non-hydrogen) atoms. The summed E-state index contributed by atoms with van der Waals surface area (Å²) in [7, 11) is 0. The van der Waals surface area contributed by atoms with E-state index >= 15 is 0 Å². The maximum absolute atomic E-state index is 7.18. The first-order chi connectivity index (χ1) is 27.2. The lowest BCUT2D eigenvalue weighted by Gasteiger charge is -2.27. The molecule has 294 valence electrons. The number of nitrogens with two attached hydrogens (primary N) is 1. The molecule has 4 rings (SSSR count). The lowest BCUT2D eigenvalue weighted by atomic mass is 9.86. The molecule has 0 aliphatic heterocycles. The van der Waals surface area contributed by atoms with Crippen molar-refractivity contribution in [2.24, 2.45) is 21.6 Å². The van der Waals surface area contributed by atoms with E-state index in [0.717, 1.165) is 96.1 Å². The first kappa shape index (κ1) is 43.8. The van der Waals surface area contributed by atoms with Crippen LogP contribution >= 0.6 is 11.6 Å². The topological polar surface area (TPSA) is 66.0 Å². The van der Waals surface area contributed by atoms with Gasteiger partial charge in [0.25, 0.3) is 0 Å². The number of anilines is 3. The molecule has 0 aromatic heterocycles. The predicted octanol–water partition coefficient (Wildman–Crippen LogP) is 14.0. The standard InChI is InChI=1S/C50H62ClN5/c1-7-9-13-22-38(3)35-44(54-40(5)21-8-2)32-34-53-33-19-11-10-14-23-42-25-20-29-49(50(42)51)56(45-26-15-12-16-27-45)46-30-31-48(39(4)36-46)55-41(6)37-43-24-17-18-28-47(43)52/h8,10-12,14-16,18-21,23,25-31,33,36,43,47,53H,2-3,7,9,13,17,22,24,32,34-35,37,52H2,1,4-6H3/b11-10-,23-14-,33-19+,40-21+,54-44?,55-41?. The minimum absolute atomic E-state index is 0.101. The Kier molecular flexibility index (Phi) is 18.6. The summed E-state index contributed by atoms with van der Waals surface area (Å²) in [5.74, 6) is 0.435. The molecule has 3 aromatic carbocycles. The van der Waals surface area contributed by atoms with E-state index in [-0.39, 0.29) is 6.04 Å². The van der Waals surface area contributed by atoms with Crippen LogP contribution in [0.15, 0.2) is 156 Å². The Bertz CT molecular complexity index is 1940. The number of unbranched alkanes of at least 4 members (excludes halogenated alkanes) is 2. The van der Waals surface area contributed by atoms with Gasteiger partial charge < -0.3 is 16.0 Å². The number of nitrogens with one attached hydrogen (secondary N) is 1. The van der Waals surface area contributed by atoms with Gasteiger partial charge in [-0.2, -0.15) is 0 Å². The summed E-state index contributed by atoms with van der Waals surface area (Å²) in [5, 5.41) is 4.08. The Morgan fingerprint density at radius 1 is 0.982 bits per heavy atom. The summed E-state index contributed by atoms with van der Waals surface area (Å²) in [6.45, 7) is 17.4. The zero-order chi connectivity index (χ0) is 40.1. The van der Waals surface area contributed by atoms with Gasteiger partial charge in [-0.3, -0.25) is 9.98 Å². The number of benzene rings is 3. The molecule has 2 unspecified atom stereocenters. The number of allylic oxidation sites excluding steroid dienone is 9. The fourth-order valence-corrected chi connectivity index (χ4v) is 7.16. The van der Waals surface area contributed by atoms with Crippen LogP contribution in [0.25, 0.3) is 6.08 Å². The second-order valence-electron chi connectivity index (χ2n) is 14.6. The largest absolute Gasteiger partial charge is 0.391 e. The highest BCUT2D eigenvalue weighted by Gasteiger charge is 2.20. The SMILES string of the molecule is C=C/C=C(\C)N=C(CCN/C=C/C=C\C=C/c1cccc(N(c2ccccc2)c2ccc(N=C(C)CC3CCC=CC3N)c(C)c2)c1Cl)CC(=C)CCCCC. The van der Waals surface area contributed by atoms with Crippen LogP contribution in [0.3, 0.4) is 0 Å². The van der Waals surface area contributed by atoms with Crippen molar-refractivity contribution in [3.05, 3.63) is 162 Å². The zero-order valence-corrected chi connectivity index (χ0v) is 34.8. The summed E-state index contributed by atoms with van der Waals surface area (Å²) in [4.78, 5) is 12.1. The molecule has 0 saturated carbocycles. The third-order valence-corrected chi connectivity index (χ3v) is 10.3. The van der Waals surface area contributed by atoms with Crippen molar-refractivity contribution < 1.29 is 0 Å². The van der Waals surface area contributed by atoms with Gasteiger partial charge in [0.2, 0.25) is 0 Å². The number of nitrogens with zero attached hydrogens (tertiary/aromatic N) is 3. The number of aryl methyl sites for hydroxylation is 1. The molecule has 0 radical (unpaired) electrons. The Balaban J connectivity index is 1.42. The summed E-state index contributed by atoms with van der Waals surface area (Å²) in [6, 6.07) is 23.0. The Labute approximate surface area is 342 Å². The van der Waals surface area contributed by atoms with E-state index in [9.17, 15) is 0 Å². The van der Waals surface area contributed by atoms with E-state index in [4.69, 9.17) is 27.3 Å². The fourth-order valence-electron chi connectivity index (χ4n) is 6.88. The molecule has 1 aliphatic rings. The van der Waals surface area contributed by atoms with Gasteiger partial charge in [0.1, 0.15) is 0 Å². The van der Waals surface area contributed by atoms with Crippen LogP contribution in [0, 0.1) is 12.8 Å². The van der Waals surface area contributed by atoms with Gasteiger partial charge in [-0.1, -0.05) is 123 Å². The number of aliphatic imine (C=N–C) groups is 2. The van der Waals surface area contributed by atoms with Gasteiger partial charge in [0, 0.05) is 53.9 Å². The van der Waals surface area contributed by atoms with E-state index < -0.39 is 0 Å². The highest BCUT2D eigenvalue weighted by atomic mass is 35.5. The number of halogens is 1. The van der Waals surface area contributed by atoms with Gasteiger partial charge >= 0.3 is 0 Å². The predicted molar refractivity (Wildman–Crippen MR) is 247 cm³/mol. The van der Waals surface area contributed by atoms with E-state index in [1.807, 2.05) is 61.7 Å². The number of rotatable bonds is 21. The van der Waals surface area contributed by atoms with Crippen LogP contribution in [-0.4, -0.2) is 24.0 Å². The molecule has 5 nitrogen and oxygen atoms in total. The molecule has 2 atom stereocenters. The van der Waals surface area contributed by atoms with Gasteiger partial charge in [-0.25, -0.2) is 0 Å². The van der Waals surface area contributed by atoms with E-state index in [1.54, 1.807) is 6.08 Å². The van der Waals surface area contributed by atoms with E-state index in [2.05, 4.69) is 111 Å². The number of hydrogen-bond donors (Lipinski definition) is 2. The smallest absolute Gasteiger partial charge is 0.0718 e. The van der Waals surface area contributed by atoms with Crippen LogP contribution in [-0.2, 0) is 0 Å². The van der Waals surface area contributed by atoms with Gasteiger partial charge in [-0.05, 0) is 125 Å². The van der Waals surface area contributed by atoms with Crippen molar-refractivity contribution in [1.82, 2.24) is 5.32 Å². The highest BCUT2D eigenvalue weighted by molar-refractivity contribution is 6.35.